The van der Waals surface area contributed by atoms with Gasteiger partial charge in [0.1, 0.15) is 7.14 Å². The summed E-state index contributed by atoms with van der Waals surface area (Å²) in [4.78, 5) is 15.9. The molecule has 0 saturated heterocycles. The van der Waals surface area contributed by atoms with Crippen molar-refractivity contribution in [1.82, 2.24) is 15.0 Å². The summed E-state index contributed by atoms with van der Waals surface area (Å²) in [6, 6.07) is 83.0. The van der Waals surface area contributed by atoms with Gasteiger partial charge in [0, 0.05) is 27.4 Å². The van der Waals surface area contributed by atoms with E-state index in [2.05, 4.69) is 200 Å². The lowest BCUT2D eigenvalue weighted by Gasteiger charge is -2.39. The Bertz CT molecular complexity index is 4010. The van der Waals surface area contributed by atoms with Crippen LogP contribution in [0.25, 0.3) is 111 Å². The standard InChI is InChI=1S/C69H54N3OP/c1-74(2,73)53-42-36-48(37-43-53)64-56-26-12-10-24-54(56)63(55-25-11-13-27-57(55)64)47-32-38-51(39-33-47)69(44-18-5-19-45-69)52-40-34-50(35-41-52)67-70-66(49-22-8-4-9-23-49)71-68(72-67)65-60-30-16-14-28-58(60)62(46-20-6-3-7-21-46)59-29-15-17-31-61(59)65/h3-4,6-17,20-43H,5,18-19,44-45H2,1-2H3. The Morgan fingerprint density at radius 1 is 0.311 bits per heavy atom. The molecule has 0 unspecified atom stereocenters. The number of nitrogens with zero attached hydrogens (tertiary/aromatic N) is 3. The van der Waals surface area contributed by atoms with E-state index in [1.807, 2.05) is 43.7 Å². The first-order chi connectivity index (χ1) is 36.3. The van der Waals surface area contributed by atoms with Crippen molar-refractivity contribution >= 4 is 55.5 Å². The molecule has 1 fully saturated rings. The third-order valence-corrected chi connectivity index (χ3v) is 17.3. The monoisotopic (exact) mass is 971 g/mol. The van der Waals surface area contributed by atoms with Crippen molar-refractivity contribution in [3.8, 4) is 67.5 Å². The van der Waals surface area contributed by atoms with E-state index in [1.54, 1.807) is 0 Å². The molecule has 11 aromatic carbocycles. The molecule has 0 aliphatic heterocycles. The molecule has 1 aliphatic carbocycles. The summed E-state index contributed by atoms with van der Waals surface area (Å²) in [5, 5.41) is 10.3. The van der Waals surface area contributed by atoms with Gasteiger partial charge in [0.25, 0.3) is 0 Å². The highest BCUT2D eigenvalue weighted by Gasteiger charge is 2.36. The quantitative estimate of drug-likeness (QED) is 0.107. The maximum absolute atomic E-state index is 13.0. The smallest absolute Gasteiger partial charge is 0.165 e. The highest BCUT2D eigenvalue weighted by molar-refractivity contribution is 7.70. The van der Waals surface area contributed by atoms with Gasteiger partial charge in [0.2, 0.25) is 0 Å². The minimum absolute atomic E-state index is 0.131. The van der Waals surface area contributed by atoms with Gasteiger partial charge in [0.05, 0.1) is 0 Å². The molecule has 0 amide bonds. The molecule has 0 spiro atoms. The molecule has 13 rings (SSSR count). The average molecular weight is 972 g/mol. The summed E-state index contributed by atoms with van der Waals surface area (Å²) in [6.07, 6.45) is 5.77. The Labute approximate surface area is 432 Å². The van der Waals surface area contributed by atoms with E-state index in [0.29, 0.717) is 17.5 Å². The van der Waals surface area contributed by atoms with Gasteiger partial charge in [-0.3, -0.25) is 0 Å². The summed E-state index contributed by atoms with van der Waals surface area (Å²) in [5.74, 6) is 1.95. The maximum Gasteiger partial charge on any atom is 0.165 e. The number of benzene rings is 11. The fourth-order valence-corrected chi connectivity index (χ4v) is 13.0. The lowest BCUT2D eigenvalue weighted by atomic mass is 9.65. The molecular weight excluding hydrogens is 918 g/mol. The van der Waals surface area contributed by atoms with Gasteiger partial charge >= 0.3 is 0 Å². The maximum atomic E-state index is 13.0. The van der Waals surface area contributed by atoms with E-state index in [1.165, 1.54) is 79.8 Å². The van der Waals surface area contributed by atoms with Crippen molar-refractivity contribution in [2.24, 2.45) is 0 Å². The Kier molecular flexibility index (Phi) is 11.5. The SMILES string of the molecule is CP(C)(=O)c1ccc(-c2c3ccccc3c(-c3ccc(C4(c5ccc(-c6nc(-c7ccccc7)nc(-c7c8ccccc8c(-c8ccccc8)c8ccccc78)n6)cc5)CCCCC4)cc3)c3ccccc23)cc1. The summed E-state index contributed by atoms with van der Waals surface area (Å²) in [6.45, 7) is 3.67. The van der Waals surface area contributed by atoms with Crippen molar-refractivity contribution in [3.63, 3.8) is 0 Å². The van der Waals surface area contributed by atoms with E-state index in [0.717, 1.165) is 61.9 Å². The zero-order valence-corrected chi connectivity index (χ0v) is 42.6. The van der Waals surface area contributed by atoms with Gasteiger partial charge in [-0.1, -0.05) is 250 Å². The van der Waals surface area contributed by atoms with Gasteiger partial charge in [-0.2, -0.15) is 0 Å². The second-order valence-corrected chi connectivity index (χ2v) is 23.6. The first-order valence-electron chi connectivity index (χ1n) is 25.9. The first-order valence-corrected chi connectivity index (χ1v) is 28.5. The number of rotatable bonds is 9. The summed E-state index contributed by atoms with van der Waals surface area (Å²) in [7, 11) is -2.38. The van der Waals surface area contributed by atoms with Crippen molar-refractivity contribution < 1.29 is 4.57 Å². The largest absolute Gasteiger partial charge is 0.319 e. The zero-order valence-electron chi connectivity index (χ0n) is 41.7. The Morgan fingerprint density at radius 3 is 1.00 bits per heavy atom. The van der Waals surface area contributed by atoms with Crippen LogP contribution in [-0.2, 0) is 9.98 Å². The van der Waals surface area contributed by atoms with E-state index >= 15 is 0 Å². The third kappa shape index (κ3) is 7.93. The van der Waals surface area contributed by atoms with Crippen LogP contribution < -0.4 is 5.30 Å². The van der Waals surface area contributed by atoms with Gasteiger partial charge in [-0.15, -0.1) is 0 Å². The zero-order chi connectivity index (χ0) is 49.8. The van der Waals surface area contributed by atoms with Crippen LogP contribution in [0.4, 0.5) is 0 Å². The molecule has 1 aromatic heterocycles. The van der Waals surface area contributed by atoms with Crippen LogP contribution >= 0.6 is 7.14 Å². The van der Waals surface area contributed by atoms with Crippen LogP contribution in [0.5, 0.6) is 0 Å². The molecule has 0 atom stereocenters. The Hall–Kier alpha value is -8.30. The number of fused-ring (bicyclic) bond motifs is 4. The van der Waals surface area contributed by atoms with E-state index in [9.17, 15) is 4.57 Å². The second-order valence-electron chi connectivity index (χ2n) is 20.4. The molecule has 1 saturated carbocycles. The molecule has 356 valence electrons. The van der Waals surface area contributed by atoms with Crippen LogP contribution in [0.15, 0.2) is 231 Å². The Morgan fingerprint density at radius 2 is 0.608 bits per heavy atom. The van der Waals surface area contributed by atoms with E-state index < -0.39 is 7.14 Å². The van der Waals surface area contributed by atoms with Crippen molar-refractivity contribution in [1.29, 1.82) is 0 Å². The summed E-state index contributed by atoms with van der Waals surface area (Å²) >= 11 is 0. The molecule has 12 aromatic rings. The van der Waals surface area contributed by atoms with Gasteiger partial charge in [0.15, 0.2) is 17.5 Å². The fraction of sp³-hybridized carbons (Fsp3) is 0.116. The van der Waals surface area contributed by atoms with E-state index in [-0.39, 0.29) is 5.41 Å². The molecule has 4 nitrogen and oxygen atoms in total. The first kappa shape index (κ1) is 45.6. The highest BCUT2D eigenvalue weighted by atomic mass is 31.2. The average Bonchev–Trinajstić information content (AvgIpc) is 3.47. The minimum atomic E-state index is -2.38. The highest BCUT2D eigenvalue weighted by Crippen LogP contribution is 2.49. The van der Waals surface area contributed by atoms with Crippen LogP contribution in [0.3, 0.4) is 0 Å². The molecule has 0 radical (unpaired) electrons. The van der Waals surface area contributed by atoms with Crippen LogP contribution in [0.1, 0.15) is 43.2 Å². The molecule has 1 heterocycles. The fourth-order valence-electron chi connectivity index (χ4n) is 12.1. The predicted octanol–water partition coefficient (Wildman–Crippen LogP) is 18.0. The second kappa shape index (κ2) is 18.6. The molecule has 5 heteroatoms. The lowest BCUT2D eigenvalue weighted by molar-refractivity contribution is 0.346. The predicted molar refractivity (Wildman–Crippen MR) is 312 cm³/mol. The summed E-state index contributed by atoms with van der Waals surface area (Å²) in [5.41, 5.74) is 12.6. The normalized spacial score (nSPS) is 13.7. The Balaban J connectivity index is 0.908. The van der Waals surface area contributed by atoms with Crippen molar-refractivity contribution in [2.45, 2.75) is 37.5 Å². The van der Waals surface area contributed by atoms with Crippen molar-refractivity contribution in [3.05, 3.63) is 242 Å². The van der Waals surface area contributed by atoms with E-state index in [4.69, 9.17) is 15.0 Å². The van der Waals surface area contributed by atoms with Gasteiger partial charge < -0.3 is 4.57 Å². The number of hydrogen-bond acceptors (Lipinski definition) is 4. The molecule has 74 heavy (non-hydrogen) atoms. The third-order valence-electron chi connectivity index (χ3n) is 15.7. The molecular formula is C69H54N3OP. The topological polar surface area (TPSA) is 55.7 Å². The van der Waals surface area contributed by atoms with Crippen LogP contribution in [0.2, 0.25) is 0 Å². The lowest BCUT2D eigenvalue weighted by Crippen LogP contribution is -2.30. The minimum Gasteiger partial charge on any atom is -0.319 e. The van der Waals surface area contributed by atoms with Crippen molar-refractivity contribution in [2.75, 3.05) is 13.3 Å². The summed E-state index contributed by atoms with van der Waals surface area (Å²) < 4.78 is 13.0. The number of hydrogen-bond donors (Lipinski definition) is 0. The molecule has 0 bridgehead atoms. The van der Waals surface area contributed by atoms with Gasteiger partial charge in [-0.05, 0) is 114 Å². The van der Waals surface area contributed by atoms with Crippen LogP contribution in [-0.4, -0.2) is 28.3 Å². The number of aromatic nitrogens is 3. The molecule has 0 N–H and O–H groups in total. The van der Waals surface area contributed by atoms with Crippen LogP contribution in [0, 0.1) is 0 Å². The molecule has 1 aliphatic rings. The van der Waals surface area contributed by atoms with Gasteiger partial charge in [-0.25, -0.2) is 15.0 Å².